The number of likely N-dealkylation sites (tertiary alicyclic amines) is 1. The Hall–Kier alpha value is -1.17. The lowest BCUT2D eigenvalue weighted by Crippen LogP contribution is -2.47. The van der Waals surface area contributed by atoms with Crippen LogP contribution >= 0.6 is 11.5 Å². The lowest BCUT2D eigenvalue weighted by Gasteiger charge is -2.40. The fourth-order valence-corrected chi connectivity index (χ4v) is 6.53. The summed E-state index contributed by atoms with van der Waals surface area (Å²) in [6, 6.07) is 9.56. The van der Waals surface area contributed by atoms with Crippen molar-refractivity contribution in [3.63, 3.8) is 0 Å². The average molecular weight is 413 g/mol. The second-order valence-corrected chi connectivity index (χ2v) is 10.2. The largest absolute Gasteiger partial charge is 0.353 e. The summed E-state index contributed by atoms with van der Waals surface area (Å²) in [5, 5.41) is 1.33. The number of benzene rings is 1. The number of fused-ring (bicyclic) bond motifs is 1. The molecule has 0 radical (unpaired) electrons. The van der Waals surface area contributed by atoms with Crippen LogP contribution in [0, 0.1) is 5.92 Å². The zero-order chi connectivity index (χ0) is 19.5. The van der Waals surface area contributed by atoms with Crippen LogP contribution in [0.25, 0.3) is 10.1 Å². The van der Waals surface area contributed by atoms with Gasteiger partial charge in [0.2, 0.25) is 0 Å². The molecule has 1 aliphatic carbocycles. The van der Waals surface area contributed by atoms with Crippen molar-refractivity contribution in [2.45, 2.75) is 57.4 Å². The van der Waals surface area contributed by atoms with Crippen molar-refractivity contribution < 1.29 is 0 Å². The molecule has 3 aliphatic rings. The van der Waals surface area contributed by atoms with Crippen molar-refractivity contribution in [3.8, 4) is 0 Å². The molecule has 2 saturated heterocycles. The van der Waals surface area contributed by atoms with Gasteiger partial charge in [0.05, 0.1) is 4.70 Å². The van der Waals surface area contributed by atoms with Crippen molar-refractivity contribution in [1.82, 2.24) is 14.2 Å². The minimum absolute atomic E-state index is 0.906. The summed E-state index contributed by atoms with van der Waals surface area (Å²) in [6.07, 6.45) is 11.6. The van der Waals surface area contributed by atoms with Gasteiger partial charge in [0, 0.05) is 37.6 Å². The Morgan fingerprint density at radius 3 is 2.41 bits per heavy atom. The van der Waals surface area contributed by atoms with Crippen LogP contribution < -0.4 is 4.90 Å². The molecule has 29 heavy (non-hydrogen) atoms. The van der Waals surface area contributed by atoms with Gasteiger partial charge < -0.3 is 9.80 Å². The number of hydrogen-bond donors (Lipinski definition) is 0. The maximum absolute atomic E-state index is 4.75. The van der Waals surface area contributed by atoms with Gasteiger partial charge in [-0.1, -0.05) is 18.6 Å². The summed E-state index contributed by atoms with van der Waals surface area (Å²) >= 11 is 1.64. The summed E-state index contributed by atoms with van der Waals surface area (Å²) in [5.74, 6) is 2.18. The van der Waals surface area contributed by atoms with E-state index in [4.69, 9.17) is 4.37 Å². The first-order valence-electron chi connectivity index (χ1n) is 11.9. The van der Waals surface area contributed by atoms with Crippen LogP contribution in [0.15, 0.2) is 24.3 Å². The Bertz CT molecular complexity index is 768. The van der Waals surface area contributed by atoms with E-state index in [0.29, 0.717) is 0 Å². The standard InChI is InChI=1S/C24H36N4S/c1-4-13-27(14-5-1)21-10-8-20(9-11-21)12-15-26-16-18-28(19-17-26)24-22-6-2-3-7-23(22)29-25-24/h2-3,6-7,20-21H,1,4-5,8-19H2. The first-order valence-corrected chi connectivity index (χ1v) is 12.7. The number of nitrogens with zero attached hydrogens (tertiary/aromatic N) is 4. The zero-order valence-corrected chi connectivity index (χ0v) is 18.6. The van der Waals surface area contributed by atoms with E-state index in [0.717, 1.165) is 25.0 Å². The lowest BCUT2D eigenvalue weighted by atomic mass is 9.83. The minimum atomic E-state index is 0.906. The van der Waals surface area contributed by atoms with Gasteiger partial charge in [-0.25, -0.2) is 0 Å². The number of hydrogen-bond acceptors (Lipinski definition) is 5. The topological polar surface area (TPSA) is 22.6 Å². The number of piperidine rings is 1. The third-order valence-corrected chi connectivity index (χ3v) is 8.42. The SMILES string of the molecule is c1ccc2c(N3CCN(CCC4CCC(N5CCCCC5)CC4)CC3)nsc2c1. The third kappa shape index (κ3) is 4.62. The van der Waals surface area contributed by atoms with E-state index >= 15 is 0 Å². The van der Waals surface area contributed by atoms with Crippen LogP contribution in [0.2, 0.25) is 0 Å². The zero-order valence-electron chi connectivity index (χ0n) is 17.8. The van der Waals surface area contributed by atoms with Crippen LogP contribution in [0.1, 0.15) is 51.4 Å². The van der Waals surface area contributed by atoms with Crippen LogP contribution in [0.4, 0.5) is 5.82 Å². The summed E-state index contributed by atoms with van der Waals surface area (Å²) < 4.78 is 6.06. The molecule has 0 spiro atoms. The predicted octanol–water partition coefficient (Wildman–Crippen LogP) is 4.85. The van der Waals surface area contributed by atoms with Crippen molar-refractivity contribution in [3.05, 3.63) is 24.3 Å². The molecular weight excluding hydrogens is 376 g/mol. The first kappa shape index (κ1) is 19.8. The molecule has 2 aromatic rings. The summed E-state index contributed by atoms with van der Waals surface area (Å²) in [5.41, 5.74) is 0. The highest BCUT2D eigenvalue weighted by Crippen LogP contribution is 2.32. The van der Waals surface area contributed by atoms with Crippen molar-refractivity contribution in [1.29, 1.82) is 0 Å². The Labute approximate surface area is 180 Å². The normalized spacial score (nSPS) is 27.5. The van der Waals surface area contributed by atoms with Gasteiger partial charge in [0.25, 0.3) is 0 Å². The quantitative estimate of drug-likeness (QED) is 0.700. The van der Waals surface area contributed by atoms with Gasteiger partial charge in [0.1, 0.15) is 5.82 Å². The van der Waals surface area contributed by atoms with E-state index < -0.39 is 0 Å². The molecule has 5 rings (SSSR count). The summed E-state index contributed by atoms with van der Waals surface area (Å²) in [4.78, 5) is 8.00. The Balaban J connectivity index is 1.05. The van der Waals surface area contributed by atoms with Crippen molar-refractivity contribution in [2.75, 3.05) is 50.7 Å². The van der Waals surface area contributed by atoms with Gasteiger partial charge in [-0.3, -0.25) is 4.90 Å². The molecule has 1 saturated carbocycles. The Morgan fingerprint density at radius 2 is 1.62 bits per heavy atom. The van der Waals surface area contributed by atoms with E-state index in [1.54, 1.807) is 11.5 Å². The van der Waals surface area contributed by atoms with Crippen LogP contribution in [-0.4, -0.2) is 66.0 Å². The van der Waals surface area contributed by atoms with E-state index in [9.17, 15) is 0 Å². The number of anilines is 1. The minimum Gasteiger partial charge on any atom is -0.353 e. The molecule has 1 aromatic carbocycles. The second kappa shape index (κ2) is 9.32. The second-order valence-electron chi connectivity index (χ2n) is 9.39. The maximum Gasteiger partial charge on any atom is 0.150 e. The van der Waals surface area contributed by atoms with Gasteiger partial charge in [0.15, 0.2) is 0 Å². The van der Waals surface area contributed by atoms with E-state index in [1.165, 1.54) is 100.0 Å². The lowest BCUT2D eigenvalue weighted by molar-refractivity contribution is 0.109. The van der Waals surface area contributed by atoms with Crippen LogP contribution in [0.3, 0.4) is 0 Å². The van der Waals surface area contributed by atoms with E-state index in [1.807, 2.05) is 0 Å². The van der Waals surface area contributed by atoms with Crippen LogP contribution in [0.5, 0.6) is 0 Å². The molecule has 0 unspecified atom stereocenters. The summed E-state index contributed by atoms with van der Waals surface area (Å²) in [6.45, 7) is 8.65. The van der Waals surface area contributed by atoms with Gasteiger partial charge in [-0.15, -0.1) is 0 Å². The van der Waals surface area contributed by atoms with Crippen LogP contribution in [-0.2, 0) is 0 Å². The van der Waals surface area contributed by atoms with Gasteiger partial charge in [-0.2, -0.15) is 4.37 Å². The molecular formula is C24H36N4S. The Kier molecular flexibility index (Phi) is 6.35. The molecule has 0 bridgehead atoms. The number of aromatic nitrogens is 1. The number of piperazine rings is 1. The molecule has 158 valence electrons. The highest BCUT2D eigenvalue weighted by Gasteiger charge is 2.27. The average Bonchev–Trinajstić information content (AvgIpc) is 3.23. The Morgan fingerprint density at radius 1 is 0.862 bits per heavy atom. The third-order valence-electron chi connectivity index (χ3n) is 7.61. The summed E-state index contributed by atoms with van der Waals surface area (Å²) in [7, 11) is 0. The molecule has 5 heteroatoms. The molecule has 0 N–H and O–H groups in total. The highest BCUT2D eigenvalue weighted by molar-refractivity contribution is 7.13. The fraction of sp³-hybridized carbons (Fsp3) is 0.708. The smallest absolute Gasteiger partial charge is 0.150 e. The molecule has 4 nitrogen and oxygen atoms in total. The molecule has 2 aliphatic heterocycles. The molecule has 0 amide bonds. The number of rotatable bonds is 5. The van der Waals surface area contributed by atoms with Crippen molar-refractivity contribution in [2.24, 2.45) is 5.92 Å². The maximum atomic E-state index is 4.75. The van der Waals surface area contributed by atoms with E-state index in [2.05, 4.69) is 39.0 Å². The van der Waals surface area contributed by atoms with Gasteiger partial charge >= 0.3 is 0 Å². The van der Waals surface area contributed by atoms with E-state index in [-0.39, 0.29) is 0 Å². The monoisotopic (exact) mass is 412 g/mol. The fourth-order valence-electron chi connectivity index (χ4n) is 5.73. The predicted molar refractivity (Wildman–Crippen MR) is 124 cm³/mol. The van der Waals surface area contributed by atoms with Crippen molar-refractivity contribution >= 4 is 27.4 Å². The molecule has 3 heterocycles. The molecule has 0 atom stereocenters. The molecule has 3 fully saturated rings. The first-order chi connectivity index (χ1) is 14.4. The highest BCUT2D eigenvalue weighted by atomic mass is 32.1. The van der Waals surface area contributed by atoms with Gasteiger partial charge in [-0.05, 0) is 94.2 Å². The molecule has 1 aromatic heterocycles.